The number of aryl methyl sites for hydroxylation is 1. The number of aliphatic imine (C=N–C) groups is 1. The Balaban J connectivity index is 1.79. The summed E-state index contributed by atoms with van der Waals surface area (Å²) in [6.45, 7) is 11.6. The van der Waals surface area contributed by atoms with Crippen molar-refractivity contribution in [1.82, 2.24) is 10.6 Å². The fourth-order valence-corrected chi connectivity index (χ4v) is 3.65. The molecule has 2 N–H and O–H groups in total. The molecule has 4 nitrogen and oxygen atoms in total. The van der Waals surface area contributed by atoms with Crippen LogP contribution in [0.1, 0.15) is 44.7 Å². The molecule has 0 radical (unpaired) electrons. The summed E-state index contributed by atoms with van der Waals surface area (Å²) in [6.07, 6.45) is 3.67. The first-order valence-corrected chi connectivity index (χ1v) is 9.52. The van der Waals surface area contributed by atoms with Crippen LogP contribution in [0.2, 0.25) is 0 Å². The van der Waals surface area contributed by atoms with Gasteiger partial charge in [0.05, 0.1) is 6.10 Å². The summed E-state index contributed by atoms with van der Waals surface area (Å²) in [6, 6.07) is 8.67. The van der Waals surface area contributed by atoms with Gasteiger partial charge in [-0.15, -0.1) is 0 Å². The number of hydrogen-bond acceptors (Lipinski definition) is 2. The van der Waals surface area contributed by atoms with E-state index in [-0.39, 0.29) is 5.41 Å². The minimum atomic E-state index is 0.175. The molecule has 0 aliphatic carbocycles. The van der Waals surface area contributed by atoms with Crippen molar-refractivity contribution in [3.8, 4) is 0 Å². The van der Waals surface area contributed by atoms with Crippen molar-refractivity contribution in [2.24, 2.45) is 16.3 Å². The number of rotatable bonds is 5. The maximum Gasteiger partial charge on any atom is 0.190 e. The van der Waals surface area contributed by atoms with Crippen molar-refractivity contribution < 1.29 is 4.74 Å². The van der Waals surface area contributed by atoms with Gasteiger partial charge in [-0.1, -0.05) is 50.6 Å². The molecule has 0 bridgehead atoms. The van der Waals surface area contributed by atoms with Crippen molar-refractivity contribution in [2.45, 2.75) is 53.1 Å². The summed E-state index contributed by atoms with van der Waals surface area (Å²) < 4.78 is 6.07. The number of guanidine groups is 1. The quantitative estimate of drug-likeness (QED) is 0.634. The lowest BCUT2D eigenvalue weighted by molar-refractivity contribution is -0.0835. The Hall–Kier alpha value is -1.55. The van der Waals surface area contributed by atoms with Crippen LogP contribution in [0, 0.1) is 18.3 Å². The van der Waals surface area contributed by atoms with Crippen molar-refractivity contribution in [3.63, 3.8) is 0 Å². The lowest BCUT2D eigenvalue weighted by Gasteiger charge is -2.40. The van der Waals surface area contributed by atoms with Crippen molar-refractivity contribution >= 4 is 5.96 Å². The van der Waals surface area contributed by atoms with Crippen LogP contribution < -0.4 is 10.6 Å². The topological polar surface area (TPSA) is 45.7 Å². The van der Waals surface area contributed by atoms with Crippen molar-refractivity contribution in [3.05, 3.63) is 35.4 Å². The smallest absolute Gasteiger partial charge is 0.190 e. The fourth-order valence-electron chi connectivity index (χ4n) is 3.65. The minimum absolute atomic E-state index is 0.175. The molecular weight excluding hydrogens is 310 g/mol. The zero-order valence-electron chi connectivity index (χ0n) is 16.6. The Kier molecular flexibility index (Phi) is 7.30. The average molecular weight is 346 g/mol. The van der Waals surface area contributed by atoms with Gasteiger partial charge in [-0.05, 0) is 37.2 Å². The molecule has 2 unspecified atom stereocenters. The minimum Gasteiger partial charge on any atom is -0.377 e. The van der Waals surface area contributed by atoms with E-state index in [1.807, 2.05) is 7.05 Å². The van der Waals surface area contributed by atoms with Crippen molar-refractivity contribution in [1.29, 1.82) is 0 Å². The molecule has 1 aromatic rings. The highest BCUT2D eigenvalue weighted by Gasteiger charge is 2.35. The van der Waals surface area contributed by atoms with Gasteiger partial charge >= 0.3 is 0 Å². The number of hydrogen-bond donors (Lipinski definition) is 2. The van der Waals surface area contributed by atoms with E-state index < -0.39 is 0 Å². The van der Waals surface area contributed by atoms with Crippen LogP contribution in [0.15, 0.2) is 29.3 Å². The molecule has 0 aromatic heterocycles. The van der Waals surface area contributed by atoms with E-state index in [9.17, 15) is 0 Å². The molecule has 2 rings (SSSR count). The van der Waals surface area contributed by atoms with Gasteiger partial charge in [-0.2, -0.15) is 0 Å². The van der Waals surface area contributed by atoms with Gasteiger partial charge in [0.15, 0.2) is 5.96 Å². The maximum absolute atomic E-state index is 6.07. The largest absolute Gasteiger partial charge is 0.377 e. The van der Waals surface area contributed by atoms with Crippen LogP contribution in [0.5, 0.6) is 0 Å². The summed E-state index contributed by atoms with van der Waals surface area (Å²) in [7, 11) is 1.83. The Morgan fingerprint density at radius 1 is 1.28 bits per heavy atom. The van der Waals surface area contributed by atoms with Crippen LogP contribution in [-0.2, 0) is 11.2 Å². The molecule has 4 heteroatoms. The summed E-state index contributed by atoms with van der Waals surface area (Å²) in [4.78, 5) is 4.36. The molecule has 1 fully saturated rings. The van der Waals surface area contributed by atoms with Crippen LogP contribution in [0.25, 0.3) is 0 Å². The van der Waals surface area contributed by atoms with E-state index in [2.05, 4.69) is 67.6 Å². The first-order valence-electron chi connectivity index (χ1n) is 9.52. The standard InChI is InChI=1S/C21H35N3O/c1-16-8-6-9-17(14-16)11-12-23-20(22-5)24-15-18-10-7-13-25-19(18)21(2,3)4/h6,8-9,14,18-19H,7,10-13,15H2,1-5H3,(H2,22,23,24). The number of nitrogens with one attached hydrogen (secondary N) is 2. The fraction of sp³-hybridized carbons (Fsp3) is 0.667. The second kappa shape index (κ2) is 9.23. The number of nitrogens with zero attached hydrogens (tertiary/aromatic N) is 1. The predicted octanol–water partition coefficient (Wildman–Crippen LogP) is 3.54. The van der Waals surface area contributed by atoms with Gasteiger partial charge in [0, 0.05) is 32.7 Å². The van der Waals surface area contributed by atoms with Gasteiger partial charge in [0.2, 0.25) is 0 Å². The molecule has 1 heterocycles. The molecule has 1 saturated heterocycles. The molecule has 0 amide bonds. The zero-order chi connectivity index (χ0) is 18.3. The first-order chi connectivity index (χ1) is 11.9. The van der Waals surface area contributed by atoms with Crippen LogP contribution in [0.4, 0.5) is 0 Å². The normalized spacial score (nSPS) is 21.9. The number of benzene rings is 1. The van der Waals surface area contributed by atoms with Gasteiger partial charge in [-0.25, -0.2) is 0 Å². The molecule has 0 saturated carbocycles. The maximum atomic E-state index is 6.07. The summed E-state index contributed by atoms with van der Waals surface area (Å²) in [5.74, 6) is 1.41. The molecule has 1 aromatic carbocycles. The molecule has 140 valence electrons. The van der Waals surface area contributed by atoms with E-state index >= 15 is 0 Å². The second-order valence-corrected chi connectivity index (χ2v) is 8.18. The zero-order valence-corrected chi connectivity index (χ0v) is 16.6. The third-order valence-corrected chi connectivity index (χ3v) is 4.84. The predicted molar refractivity (Wildman–Crippen MR) is 106 cm³/mol. The van der Waals surface area contributed by atoms with Gasteiger partial charge in [0.25, 0.3) is 0 Å². The van der Waals surface area contributed by atoms with Gasteiger partial charge < -0.3 is 15.4 Å². The third-order valence-electron chi connectivity index (χ3n) is 4.84. The van der Waals surface area contributed by atoms with E-state index in [4.69, 9.17) is 4.74 Å². The van der Waals surface area contributed by atoms with Gasteiger partial charge in [-0.3, -0.25) is 4.99 Å². The lowest BCUT2D eigenvalue weighted by Crippen LogP contribution is -2.47. The van der Waals surface area contributed by atoms with E-state index in [0.717, 1.165) is 38.5 Å². The highest BCUT2D eigenvalue weighted by atomic mass is 16.5. The first kappa shape index (κ1) is 19.8. The summed E-state index contributed by atoms with van der Waals surface area (Å²) in [5, 5.41) is 6.93. The van der Waals surface area contributed by atoms with E-state index in [1.54, 1.807) is 0 Å². The van der Waals surface area contributed by atoms with Crippen molar-refractivity contribution in [2.75, 3.05) is 26.7 Å². The molecule has 25 heavy (non-hydrogen) atoms. The Morgan fingerprint density at radius 3 is 2.76 bits per heavy atom. The molecule has 0 spiro atoms. The third kappa shape index (κ3) is 6.35. The Morgan fingerprint density at radius 2 is 2.08 bits per heavy atom. The summed E-state index contributed by atoms with van der Waals surface area (Å²) in [5.41, 5.74) is 2.84. The van der Waals surface area contributed by atoms with E-state index in [1.165, 1.54) is 17.5 Å². The van der Waals surface area contributed by atoms with E-state index in [0.29, 0.717) is 12.0 Å². The monoisotopic (exact) mass is 345 g/mol. The second-order valence-electron chi connectivity index (χ2n) is 8.18. The SMILES string of the molecule is CN=C(NCCc1cccc(C)c1)NCC1CCCOC1C(C)(C)C. The van der Waals surface area contributed by atoms with Crippen LogP contribution in [0.3, 0.4) is 0 Å². The molecule has 1 aliphatic rings. The average Bonchev–Trinajstić information content (AvgIpc) is 2.57. The highest BCUT2D eigenvalue weighted by molar-refractivity contribution is 5.79. The highest BCUT2D eigenvalue weighted by Crippen LogP contribution is 2.33. The van der Waals surface area contributed by atoms with Crippen LogP contribution in [-0.4, -0.2) is 38.8 Å². The van der Waals surface area contributed by atoms with Crippen LogP contribution >= 0.6 is 0 Å². The molecule has 2 atom stereocenters. The molecule has 1 aliphatic heterocycles. The lowest BCUT2D eigenvalue weighted by atomic mass is 9.78. The Labute approximate surface area is 153 Å². The van der Waals surface area contributed by atoms with Gasteiger partial charge in [0.1, 0.15) is 0 Å². The number of ether oxygens (including phenoxy) is 1. The Bertz CT molecular complexity index is 563. The summed E-state index contributed by atoms with van der Waals surface area (Å²) >= 11 is 0. The molecular formula is C21H35N3O.